The molecule has 3 rings (SSSR count). The van der Waals surface area contributed by atoms with Crippen molar-refractivity contribution in [2.24, 2.45) is 5.41 Å². The lowest BCUT2D eigenvalue weighted by molar-refractivity contribution is -0.165. The van der Waals surface area contributed by atoms with Crippen molar-refractivity contribution < 1.29 is 14.0 Å². The van der Waals surface area contributed by atoms with Gasteiger partial charge in [0.05, 0.1) is 29.3 Å². The number of nitrogens with zero attached hydrogens (tertiary/aromatic N) is 3. The summed E-state index contributed by atoms with van der Waals surface area (Å²) in [6, 6.07) is 2.48. The fraction of sp³-hybridized carbons (Fsp3) is 0.400. The number of rotatable bonds is 3. The van der Waals surface area contributed by atoms with Gasteiger partial charge in [0, 0.05) is 5.56 Å². The van der Waals surface area contributed by atoms with Crippen molar-refractivity contribution in [1.29, 1.82) is 0 Å². The molecule has 1 aromatic heterocycles. The maximum absolute atomic E-state index is 14.2. The van der Waals surface area contributed by atoms with Crippen LogP contribution in [0.4, 0.5) is 4.39 Å². The Morgan fingerprint density at radius 1 is 1.42 bits per heavy atom. The Kier molecular flexibility index (Phi) is 3.97. The van der Waals surface area contributed by atoms with Crippen molar-refractivity contribution in [3.05, 3.63) is 44.8 Å². The molecule has 1 saturated heterocycles. The van der Waals surface area contributed by atoms with E-state index in [0.717, 1.165) is 15.8 Å². The second-order valence-corrected chi connectivity index (χ2v) is 6.73. The Bertz CT molecular complexity index is 874. The highest BCUT2D eigenvalue weighted by molar-refractivity contribution is 6.32. The molecule has 2 aromatic rings. The number of aromatic nitrogens is 3. The molecular formula is C15H16ClFN4O3. The monoisotopic (exact) mass is 354 g/mol. The maximum Gasteiger partial charge on any atom is 0.348 e. The van der Waals surface area contributed by atoms with E-state index in [0.29, 0.717) is 5.82 Å². The van der Waals surface area contributed by atoms with Crippen LogP contribution in [-0.2, 0) is 16.2 Å². The quantitative estimate of drug-likeness (QED) is 0.913. The molecule has 24 heavy (non-hydrogen) atoms. The van der Waals surface area contributed by atoms with Gasteiger partial charge in [0.1, 0.15) is 11.6 Å². The number of amides is 1. The molecule has 7 nitrogen and oxygen atoms in total. The van der Waals surface area contributed by atoms with Gasteiger partial charge in [-0.2, -0.15) is 9.78 Å². The van der Waals surface area contributed by atoms with E-state index in [-0.39, 0.29) is 35.3 Å². The number of halogens is 2. The predicted molar refractivity (Wildman–Crippen MR) is 84.2 cm³/mol. The van der Waals surface area contributed by atoms with Gasteiger partial charge in [-0.3, -0.25) is 14.6 Å². The minimum Gasteiger partial charge on any atom is -0.293 e. The lowest BCUT2D eigenvalue weighted by atomic mass is 9.95. The fourth-order valence-electron chi connectivity index (χ4n) is 2.43. The van der Waals surface area contributed by atoms with Gasteiger partial charge in [0.2, 0.25) is 0 Å². The van der Waals surface area contributed by atoms with Crippen molar-refractivity contribution in [3.63, 3.8) is 0 Å². The molecule has 9 heteroatoms. The molecule has 1 amide bonds. The molecule has 1 aliphatic rings. The van der Waals surface area contributed by atoms with Gasteiger partial charge in [0.25, 0.3) is 5.91 Å². The standard InChI is InChI=1S/C15H16ClFN4O3/c1-8-18-14(23)21(19-8)12-4-9(11(17)5-10(12)16)6-20-13(22)15(2,3)7-24-20/h4-5H,6-7H2,1-3H3,(H,18,19,23). The SMILES string of the molecule is Cc1nn(-c2cc(CN3OCC(C)(C)C3=O)c(F)cc2Cl)c(=O)[nH]1. The van der Waals surface area contributed by atoms with Gasteiger partial charge in [-0.05, 0) is 32.9 Å². The molecule has 0 radical (unpaired) electrons. The van der Waals surface area contributed by atoms with Crippen molar-refractivity contribution in [1.82, 2.24) is 19.8 Å². The first-order valence-electron chi connectivity index (χ1n) is 7.28. The lowest BCUT2D eigenvalue weighted by Gasteiger charge is -2.17. The molecule has 1 aromatic carbocycles. The highest BCUT2D eigenvalue weighted by Gasteiger charge is 2.40. The Balaban J connectivity index is 1.98. The highest BCUT2D eigenvalue weighted by atomic mass is 35.5. The topological polar surface area (TPSA) is 80.2 Å². The first-order valence-corrected chi connectivity index (χ1v) is 7.66. The molecule has 0 saturated carbocycles. The average Bonchev–Trinajstić information content (AvgIpc) is 2.95. The van der Waals surface area contributed by atoms with E-state index >= 15 is 0 Å². The molecule has 0 bridgehead atoms. The van der Waals surface area contributed by atoms with Crippen LogP contribution in [0.2, 0.25) is 5.02 Å². The molecule has 0 aliphatic carbocycles. The normalized spacial score (nSPS) is 16.9. The number of carbonyl (C=O) groups is 1. The van der Waals surface area contributed by atoms with Gasteiger partial charge >= 0.3 is 5.69 Å². The van der Waals surface area contributed by atoms with Crippen LogP contribution in [0.5, 0.6) is 0 Å². The molecule has 2 heterocycles. The van der Waals surface area contributed by atoms with E-state index in [1.165, 1.54) is 6.07 Å². The third-order valence-corrected chi connectivity index (χ3v) is 4.08. The van der Waals surface area contributed by atoms with Crippen molar-refractivity contribution in [2.75, 3.05) is 6.61 Å². The van der Waals surface area contributed by atoms with Gasteiger partial charge in [-0.15, -0.1) is 0 Å². The van der Waals surface area contributed by atoms with Crippen molar-refractivity contribution >= 4 is 17.5 Å². The molecule has 0 unspecified atom stereocenters. The zero-order valence-corrected chi connectivity index (χ0v) is 14.1. The number of hydroxylamine groups is 2. The second-order valence-electron chi connectivity index (χ2n) is 6.32. The highest BCUT2D eigenvalue weighted by Crippen LogP contribution is 2.30. The van der Waals surface area contributed by atoms with Gasteiger partial charge in [-0.25, -0.2) is 14.2 Å². The number of aryl methyl sites for hydroxylation is 1. The summed E-state index contributed by atoms with van der Waals surface area (Å²) in [4.78, 5) is 31.9. The summed E-state index contributed by atoms with van der Waals surface area (Å²) in [6.07, 6.45) is 0. The van der Waals surface area contributed by atoms with Gasteiger partial charge < -0.3 is 0 Å². The van der Waals surface area contributed by atoms with Gasteiger partial charge in [0.15, 0.2) is 0 Å². The zero-order chi connectivity index (χ0) is 17.6. The van der Waals surface area contributed by atoms with Crippen LogP contribution in [0, 0.1) is 18.2 Å². The number of H-pyrrole nitrogens is 1. The molecule has 0 spiro atoms. The Labute approximate surface area is 141 Å². The number of hydrogen-bond acceptors (Lipinski definition) is 4. The van der Waals surface area contributed by atoms with Crippen LogP contribution >= 0.6 is 11.6 Å². The molecular weight excluding hydrogens is 339 g/mol. The van der Waals surface area contributed by atoms with E-state index in [1.54, 1.807) is 20.8 Å². The van der Waals surface area contributed by atoms with Crippen LogP contribution in [0.3, 0.4) is 0 Å². The molecule has 1 fully saturated rings. The zero-order valence-electron chi connectivity index (χ0n) is 13.4. The summed E-state index contributed by atoms with van der Waals surface area (Å²) in [5.74, 6) is -0.418. The van der Waals surface area contributed by atoms with Crippen LogP contribution in [0.1, 0.15) is 25.2 Å². The van der Waals surface area contributed by atoms with Crippen molar-refractivity contribution in [2.45, 2.75) is 27.3 Å². The van der Waals surface area contributed by atoms with E-state index < -0.39 is 16.9 Å². The Hall–Kier alpha value is -2.19. The van der Waals surface area contributed by atoms with E-state index in [4.69, 9.17) is 16.4 Å². The predicted octanol–water partition coefficient (Wildman–Crippen LogP) is 1.96. The van der Waals surface area contributed by atoms with Gasteiger partial charge in [-0.1, -0.05) is 11.6 Å². The number of aromatic amines is 1. The minimum atomic E-state index is -0.651. The maximum atomic E-state index is 14.2. The number of nitrogens with one attached hydrogen (secondary N) is 1. The first kappa shape index (κ1) is 16.7. The van der Waals surface area contributed by atoms with E-state index in [9.17, 15) is 14.0 Å². The Morgan fingerprint density at radius 3 is 2.67 bits per heavy atom. The summed E-state index contributed by atoms with van der Waals surface area (Å²) < 4.78 is 15.3. The minimum absolute atomic E-state index is 0.0406. The number of carbonyl (C=O) groups excluding carboxylic acids is 1. The number of hydrogen-bond donors (Lipinski definition) is 1. The molecule has 1 aliphatic heterocycles. The summed E-state index contributed by atoms with van der Waals surface area (Å²) in [7, 11) is 0. The smallest absolute Gasteiger partial charge is 0.293 e. The van der Waals surface area contributed by atoms with Crippen molar-refractivity contribution in [3.8, 4) is 5.69 Å². The average molecular weight is 355 g/mol. The third-order valence-electron chi connectivity index (χ3n) is 3.77. The third kappa shape index (κ3) is 2.83. The van der Waals surface area contributed by atoms with Crippen LogP contribution in [0.25, 0.3) is 5.69 Å². The summed E-state index contributed by atoms with van der Waals surface area (Å²) in [5.41, 5.74) is -0.731. The number of benzene rings is 1. The molecule has 0 atom stereocenters. The first-order chi connectivity index (χ1) is 11.2. The fourth-order valence-corrected chi connectivity index (χ4v) is 2.66. The molecule has 1 N–H and O–H groups in total. The summed E-state index contributed by atoms with van der Waals surface area (Å²) in [5, 5.41) is 5.17. The van der Waals surface area contributed by atoms with Crippen LogP contribution < -0.4 is 5.69 Å². The molecule has 128 valence electrons. The van der Waals surface area contributed by atoms with E-state index in [2.05, 4.69) is 10.1 Å². The lowest BCUT2D eigenvalue weighted by Crippen LogP contribution is -2.30. The van der Waals surface area contributed by atoms with Crippen LogP contribution in [0.15, 0.2) is 16.9 Å². The largest absolute Gasteiger partial charge is 0.348 e. The summed E-state index contributed by atoms with van der Waals surface area (Å²) in [6.45, 7) is 5.27. The second kappa shape index (κ2) is 5.71. The Morgan fingerprint density at radius 2 is 2.12 bits per heavy atom. The van der Waals surface area contributed by atoms with E-state index in [1.807, 2.05) is 0 Å². The van der Waals surface area contributed by atoms with Crippen LogP contribution in [-0.4, -0.2) is 32.3 Å². The summed E-state index contributed by atoms with van der Waals surface area (Å²) >= 11 is 6.04.